The molecule has 0 heterocycles. The molecular formula is C6H9O2. The summed E-state index contributed by atoms with van der Waals surface area (Å²) in [5, 5.41) is 10.2. The lowest BCUT2D eigenvalue weighted by atomic mass is 10.5. The minimum atomic E-state index is -1.27. The van der Waals surface area contributed by atoms with Crippen LogP contribution in [-0.2, 0) is 9.84 Å². The van der Waals surface area contributed by atoms with E-state index in [9.17, 15) is 5.11 Å². The van der Waals surface area contributed by atoms with Gasteiger partial charge in [-0.3, -0.25) is 0 Å². The Kier molecular flexibility index (Phi) is 4.33. The maximum atomic E-state index is 10.2. The molecule has 0 saturated carbocycles. The van der Waals surface area contributed by atoms with Gasteiger partial charge in [-0.25, -0.2) is 0 Å². The van der Waals surface area contributed by atoms with Crippen LogP contribution in [0.4, 0.5) is 0 Å². The Labute approximate surface area is 49.5 Å². The Balaban J connectivity index is 3.02. The van der Waals surface area contributed by atoms with Crippen molar-refractivity contribution < 1.29 is 9.84 Å². The van der Waals surface area contributed by atoms with Gasteiger partial charge in [-0.1, -0.05) is 6.92 Å². The monoisotopic (exact) mass is 113 g/mol. The van der Waals surface area contributed by atoms with Crippen LogP contribution in [0.25, 0.3) is 0 Å². The average Bonchev–Trinajstić information content (AvgIpc) is 1.83. The first-order chi connectivity index (χ1) is 3.81. The quantitative estimate of drug-likeness (QED) is 0.393. The summed E-state index contributed by atoms with van der Waals surface area (Å²) >= 11 is 0. The van der Waals surface area contributed by atoms with Gasteiger partial charge in [-0.15, -0.1) is 6.42 Å². The lowest BCUT2D eigenvalue weighted by Crippen LogP contribution is -2.06. The second kappa shape index (κ2) is 4.63. The lowest BCUT2D eigenvalue weighted by Gasteiger charge is -1.98. The summed E-state index contributed by atoms with van der Waals surface area (Å²) in [4.78, 5) is 0. The second-order valence-electron chi connectivity index (χ2n) is 1.37. The van der Waals surface area contributed by atoms with Gasteiger partial charge in [-0.2, -0.15) is 5.11 Å². The van der Waals surface area contributed by atoms with Gasteiger partial charge in [0.15, 0.2) is 0 Å². The molecule has 0 saturated heterocycles. The van der Waals surface area contributed by atoms with Gasteiger partial charge in [0.2, 0.25) is 0 Å². The maximum Gasteiger partial charge on any atom is 0.254 e. The van der Waals surface area contributed by atoms with Crippen molar-refractivity contribution >= 4 is 0 Å². The molecule has 0 aliphatic carbocycles. The van der Waals surface area contributed by atoms with Gasteiger partial charge in [0, 0.05) is 0 Å². The van der Waals surface area contributed by atoms with Gasteiger partial charge in [0.1, 0.15) is 0 Å². The molecule has 0 aromatic rings. The Morgan fingerprint density at radius 1 is 1.88 bits per heavy atom. The molecule has 2 nitrogen and oxygen atoms in total. The van der Waals surface area contributed by atoms with Crippen LogP contribution in [0.5, 0.6) is 0 Å². The van der Waals surface area contributed by atoms with E-state index in [0.29, 0.717) is 6.61 Å². The lowest BCUT2D eigenvalue weighted by molar-refractivity contribution is -0.0985. The van der Waals surface area contributed by atoms with Crippen LogP contribution in [0, 0.1) is 12.3 Å². The van der Waals surface area contributed by atoms with Crippen molar-refractivity contribution in [3.8, 4) is 12.3 Å². The third-order valence-corrected chi connectivity index (χ3v) is 0.609. The summed E-state index contributed by atoms with van der Waals surface area (Å²) in [6.07, 6.45) is 4.29. The van der Waals surface area contributed by atoms with Crippen molar-refractivity contribution in [1.82, 2.24) is 0 Å². The summed E-state index contributed by atoms with van der Waals surface area (Å²) < 4.78 is 4.55. The van der Waals surface area contributed by atoms with Crippen molar-refractivity contribution in [2.75, 3.05) is 6.61 Å². The van der Waals surface area contributed by atoms with E-state index in [1.165, 1.54) is 0 Å². The number of terminal acetylenes is 1. The normalized spacial score (nSPS) is 12.6. The van der Waals surface area contributed by atoms with E-state index in [-0.39, 0.29) is 0 Å². The second-order valence-corrected chi connectivity index (χ2v) is 1.37. The number of ether oxygens (including phenoxy) is 1. The van der Waals surface area contributed by atoms with Crippen LogP contribution in [0.2, 0.25) is 0 Å². The molecule has 0 aromatic heterocycles. The van der Waals surface area contributed by atoms with Crippen LogP contribution in [0.15, 0.2) is 0 Å². The third-order valence-electron chi connectivity index (χ3n) is 0.609. The van der Waals surface area contributed by atoms with Gasteiger partial charge in [-0.05, 0) is 12.3 Å². The molecule has 0 aliphatic heterocycles. The van der Waals surface area contributed by atoms with Crippen LogP contribution >= 0.6 is 0 Å². The predicted molar refractivity (Wildman–Crippen MR) is 29.6 cm³/mol. The van der Waals surface area contributed by atoms with Crippen molar-refractivity contribution in [2.24, 2.45) is 0 Å². The first-order valence-corrected chi connectivity index (χ1v) is 2.54. The molecule has 1 unspecified atom stereocenters. The maximum absolute atomic E-state index is 10.2. The molecule has 0 aromatic carbocycles. The van der Waals surface area contributed by atoms with Gasteiger partial charge >= 0.3 is 0 Å². The summed E-state index contributed by atoms with van der Waals surface area (Å²) in [5.74, 6) is 1.92. The highest BCUT2D eigenvalue weighted by Gasteiger charge is 1.95. The summed E-state index contributed by atoms with van der Waals surface area (Å²) in [6.45, 7) is 2.38. The molecule has 0 amide bonds. The van der Waals surface area contributed by atoms with Crippen LogP contribution < -0.4 is 0 Å². The molecule has 1 radical (unpaired) electrons. The van der Waals surface area contributed by atoms with Crippen LogP contribution in [-0.4, -0.2) is 12.9 Å². The Morgan fingerprint density at radius 3 is 2.88 bits per heavy atom. The van der Waals surface area contributed by atoms with Gasteiger partial charge < -0.3 is 4.74 Å². The van der Waals surface area contributed by atoms with Gasteiger partial charge in [0.25, 0.3) is 6.29 Å². The highest BCUT2D eigenvalue weighted by molar-refractivity contribution is 4.87. The minimum Gasteiger partial charge on any atom is -0.340 e. The van der Waals surface area contributed by atoms with E-state index < -0.39 is 6.29 Å². The van der Waals surface area contributed by atoms with E-state index in [1.54, 1.807) is 0 Å². The fraction of sp³-hybridized carbons (Fsp3) is 0.667. The highest BCUT2D eigenvalue weighted by Crippen LogP contribution is 1.85. The van der Waals surface area contributed by atoms with Crippen molar-refractivity contribution in [1.29, 1.82) is 0 Å². The molecule has 0 bridgehead atoms. The largest absolute Gasteiger partial charge is 0.340 e. The first-order valence-electron chi connectivity index (χ1n) is 2.54. The standard InChI is InChI=1S/C6H9O2/c1-3-5-8-6(7)4-2/h2,6H,3,5H2,1H3. The van der Waals surface area contributed by atoms with Crippen LogP contribution in [0.3, 0.4) is 0 Å². The summed E-state index contributed by atoms with van der Waals surface area (Å²) in [6, 6.07) is 0. The molecule has 0 N–H and O–H groups in total. The van der Waals surface area contributed by atoms with Crippen molar-refractivity contribution in [2.45, 2.75) is 19.6 Å². The van der Waals surface area contributed by atoms with Crippen molar-refractivity contribution in [3.63, 3.8) is 0 Å². The SMILES string of the molecule is C#CC([O])OCCC. The zero-order valence-corrected chi connectivity index (χ0v) is 4.89. The first kappa shape index (κ1) is 7.48. The number of hydrogen-bond donors (Lipinski definition) is 0. The third kappa shape index (κ3) is 3.66. The predicted octanol–water partition coefficient (Wildman–Crippen LogP) is 0.803. The van der Waals surface area contributed by atoms with E-state index >= 15 is 0 Å². The zero-order chi connectivity index (χ0) is 6.41. The molecule has 45 valence electrons. The fourth-order valence-electron chi connectivity index (χ4n) is 0.273. The molecule has 8 heavy (non-hydrogen) atoms. The topological polar surface area (TPSA) is 29.1 Å². The number of hydrogen-bond acceptors (Lipinski definition) is 1. The van der Waals surface area contributed by atoms with E-state index in [2.05, 4.69) is 4.74 Å². The highest BCUT2D eigenvalue weighted by atomic mass is 16.6. The summed E-state index contributed by atoms with van der Waals surface area (Å²) in [5.41, 5.74) is 0. The zero-order valence-electron chi connectivity index (χ0n) is 4.89. The number of rotatable bonds is 3. The minimum absolute atomic E-state index is 0.457. The molecule has 0 rings (SSSR count). The molecule has 2 heteroatoms. The Bertz CT molecular complexity index is 83.0. The molecule has 0 aliphatic rings. The molecule has 0 fully saturated rings. The van der Waals surface area contributed by atoms with E-state index in [1.807, 2.05) is 12.8 Å². The molecular weight excluding hydrogens is 104 g/mol. The Hall–Kier alpha value is -0.520. The molecule has 1 atom stereocenters. The smallest absolute Gasteiger partial charge is 0.254 e. The van der Waals surface area contributed by atoms with E-state index in [0.717, 1.165) is 6.42 Å². The Morgan fingerprint density at radius 2 is 2.50 bits per heavy atom. The van der Waals surface area contributed by atoms with E-state index in [4.69, 9.17) is 6.42 Å². The molecule has 0 spiro atoms. The van der Waals surface area contributed by atoms with Crippen molar-refractivity contribution in [3.05, 3.63) is 0 Å². The average molecular weight is 113 g/mol. The van der Waals surface area contributed by atoms with Crippen LogP contribution in [0.1, 0.15) is 13.3 Å². The van der Waals surface area contributed by atoms with Gasteiger partial charge in [0.05, 0.1) is 6.61 Å². The fourth-order valence-corrected chi connectivity index (χ4v) is 0.273. The summed E-state index contributed by atoms with van der Waals surface area (Å²) in [7, 11) is 0.